The number of rotatable bonds is 8. The number of benzene rings is 3. The van der Waals surface area contributed by atoms with Gasteiger partial charge >= 0.3 is 0 Å². The number of allylic oxidation sites excluding steroid dienone is 1. The van der Waals surface area contributed by atoms with Gasteiger partial charge in [-0.25, -0.2) is 4.98 Å². The van der Waals surface area contributed by atoms with E-state index in [9.17, 15) is 5.26 Å². The Balaban J connectivity index is 1.57. The highest BCUT2D eigenvalue weighted by atomic mass is 79.9. The Morgan fingerprint density at radius 3 is 2.70 bits per heavy atom. The number of ether oxygens (including phenoxy) is 2. The topological polar surface area (TPSA) is 70.9 Å². The summed E-state index contributed by atoms with van der Waals surface area (Å²) in [6, 6.07) is 21.3. The first-order valence-corrected chi connectivity index (χ1v) is 12.1. The van der Waals surface area contributed by atoms with E-state index in [1.54, 1.807) is 6.08 Å². The molecular weight excluding hydrogens is 522 g/mol. The monoisotopic (exact) mass is 539 g/mol. The smallest absolute Gasteiger partial charge is 0.175 e. The molecule has 8 heteroatoms. The third-order valence-corrected chi connectivity index (χ3v) is 6.27. The summed E-state index contributed by atoms with van der Waals surface area (Å²) in [5, 5.41) is 11.0. The summed E-state index contributed by atoms with van der Waals surface area (Å²) in [7, 11) is 0. The molecule has 0 radical (unpaired) electrons. The van der Waals surface area contributed by atoms with E-state index in [-0.39, 0.29) is 0 Å². The van der Waals surface area contributed by atoms with Gasteiger partial charge in [0.15, 0.2) is 16.7 Å². The second-order valence-electron chi connectivity index (χ2n) is 6.96. The van der Waals surface area contributed by atoms with Crippen LogP contribution in [-0.2, 0) is 6.61 Å². The number of aromatic nitrogens is 2. The normalized spacial score (nSPS) is 11.4. The molecule has 3 aromatic carbocycles. The molecule has 33 heavy (non-hydrogen) atoms. The van der Waals surface area contributed by atoms with Gasteiger partial charge in [-0.05, 0) is 88.2 Å². The third-order valence-electron chi connectivity index (χ3n) is 4.61. The van der Waals surface area contributed by atoms with Crippen LogP contribution < -0.4 is 9.47 Å². The molecule has 1 heterocycles. The minimum Gasteiger partial charge on any atom is -0.490 e. The summed E-state index contributed by atoms with van der Waals surface area (Å²) in [6.07, 6.45) is 1.80. The lowest BCUT2D eigenvalue weighted by molar-refractivity contribution is 0.267. The van der Waals surface area contributed by atoms with Crippen molar-refractivity contribution in [1.82, 2.24) is 9.97 Å². The first-order chi connectivity index (χ1) is 16.1. The molecule has 4 aromatic rings. The first kappa shape index (κ1) is 23.2. The van der Waals surface area contributed by atoms with Gasteiger partial charge in [0, 0.05) is 5.02 Å². The van der Waals surface area contributed by atoms with E-state index in [0.29, 0.717) is 39.8 Å². The molecule has 1 N–H and O–H groups in total. The molecule has 166 valence electrons. The lowest BCUT2D eigenvalue weighted by Gasteiger charge is -2.15. The lowest BCUT2D eigenvalue weighted by atomic mass is 10.2. The van der Waals surface area contributed by atoms with Crippen molar-refractivity contribution in [2.75, 3.05) is 6.61 Å². The number of hydrogen-bond donors (Lipinski definition) is 1. The number of halogens is 2. The highest BCUT2D eigenvalue weighted by Gasteiger charge is 2.13. The van der Waals surface area contributed by atoms with Crippen molar-refractivity contribution < 1.29 is 9.47 Å². The fraction of sp³-hybridized carbons (Fsp3) is 0.120. The van der Waals surface area contributed by atoms with Crippen LogP contribution in [0, 0.1) is 11.3 Å². The average Bonchev–Trinajstić information content (AvgIpc) is 3.22. The molecule has 0 amide bonds. The number of para-hydroxylation sites is 2. The van der Waals surface area contributed by atoms with E-state index in [4.69, 9.17) is 21.1 Å². The van der Waals surface area contributed by atoms with Crippen LogP contribution in [-0.4, -0.2) is 16.6 Å². The van der Waals surface area contributed by atoms with Crippen LogP contribution in [0.4, 0.5) is 0 Å². The number of aromatic amines is 1. The quantitative estimate of drug-likeness (QED) is 0.184. The predicted octanol–water partition coefficient (Wildman–Crippen LogP) is 7.61. The van der Waals surface area contributed by atoms with Gasteiger partial charge in [0.25, 0.3) is 0 Å². The maximum atomic E-state index is 9.69. The second-order valence-corrected chi connectivity index (χ2v) is 9.28. The molecule has 0 fully saturated rings. The highest BCUT2D eigenvalue weighted by molar-refractivity contribution is 9.10. The van der Waals surface area contributed by atoms with Gasteiger partial charge in [0.2, 0.25) is 0 Å². The largest absolute Gasteiger partial charge is 0.490 e. The zero-order valence-corrected chi connectivity index (χ0v) is 20.8. The van der Waals surface area contributed by atoms with Crippen LogP contribution in [0.3, 0.4) is 0 Å². The van der Waals surface area contributed by atoms with Crippen LogP contribution in [0.1, 0.15) is 18.1 Å². The maximum absolute atomic E-state index is 9.69. The molecular formula is C25H19BrClN3O2S. The second kappa shape index (κ2) is 10.8. The van der Waals surface area contributed by atoms with E-state index in [2.05, 4.69) is 32.0 Å². The highest BCUT2D eigenvalue weighted by Crippen LogP contribution is 2.39. The molecule has 0 aliphatic carbocycles. The predicted molar refractivity (Wildman–Crippen MR) is 137 cm³/mol. The van der Waals surface area contributed by atoms with Crippen molar-refractivity contribution in [3.63, 3.8) is 0 Å². The molecule has 0 atom stereocenters. The van der Waals surface area contributed by atoms with Crippen molar-refractivity contribution in [2.24, 2.45) is 0 Å². The molecule has 0 bridgehead atoms. The summed E-state index contributed by atoms with van der Waals surface area (Å²) in [5.74, 6) is 1.20. The summed E-state index contributed by atoms with van der Waals surface area (Å²) in [4.78, 5) is 8.26. The van der Waals surface area contributed by atoms with Crippen LogP contribution >= 0.6 is 39.3 Å². The van der Waals surface area contributed by atoms with Crippen molar-refractivity contribution in [1.29, 1.82) is 5.26 Å². The standard InChI is InChI=1S/C25H19BrClN3O2S/c1-2-31-23-13-17(12-20(26)24(23)32-15-16-7-9-18(27)10-8-16)11-19(14-28)33-25-29-21-5-3-4-6-22(21)30-25/h3-13H,2,15H2,1H3,(H,29,30)/b19-11+. The average molecular weight is 541 g/mol. The van der Waals surface area contributed by atoms with Gasteiger partial charge in [-0.1, -0.05) is 35.9 Å². The molecule has 5 nitrogen and oxygen atoms in total. The molecule has 0 saturated heterocycles. The van der Waals surface area contributed by atoms with E-state index in [1.165, 1.54) is 11.8 Å². The summed E-state index contributed by atoms with van der Waals surface area (Å²) in [6.45, 7) is 2.77. The molecule has 0 unspecified atom stereocenters. The van der Waals surface area contributed by atoms with Gasteiger partial charge in [-0.15, -0.1) is 0 Å². The fourth-order valence-corrected chi connectivity index (χ4v) is 4.58. The number of H-pyrrole nitrogens is 1. The summed E-state index contributed by atoms with van der Waals surface area (Å²) < 4.78 is 12.6. The SMILES string of the molecule is CCOc1cc(/C=C(\C#N)Sc2nc3ccccc3[nH]2)cc(Br)c1OCc1ccc(Cl)cc1. The molecule has 0 aliphatic heterocycles. The Bertz CT molecular complexity index is 1310. The van der Waals surface area contributed by atoms with E-state index < -0.39 is 0 Å². The summed E-state index contributed by atoms with van der Waals surface area (Å²) in [5.41, 5.74) is 3.60. The number of imidazole rings is 1. The minimum absolute atomic E-state index is 0.371. The maximum Gasteiger partial charge on any atom is 0.175 e. The molecule has 0 saturated carbocycles. The number of hydrogen-bond acceptors (Lipinski definition) is 5. The summed E-state index contributed by atoms with van der Waals surface area (Å²) >= 11 is 10.8. The Morgan fingerprint density at radius 2 is 1.97 bits per heavy atom. The van der Waals surface area contributed by atoms with Gasteiger partial charge < -0.3 is 14.5 Å². The van der Waals surface area contributed by atoms with Gasteiger partial charge in [0.1, 0.15) is 12.7 Å². The first-order valence-electron chi connectivity index (χ1n) is 10.1. The molecule has 0 spiro atoms. The fourth-order valence-electron chi connectivity index (χ4n) is 3.13. The molecule has 4 rings (SSSR count). The Hall–Kier alpha value is -2.92. The zero-order valence-electron chi connectivity index (χ0n) is 17.6. The number of nitrogens with one attached hydrogen (secondary N) is 1. The Kier molecular flexibility index (Phi) is 7.61. The van der Waals surface area contributed by atoms with Gasteiger partial charge in [0.05, 0.1) is 27.0 Å². The molecule has 1 aromatic heterocycles. The lowest BCUT2D eigenvalue weighted by Crippen LogP contribution is -2.01. The van der Waals surface area contributed by atoms with Crippen LogP contribution in [0.25, 0.3) is 17.1 Å². The zero-order chi connectivity index (χ0) is 23.2. The minimum atomic E-state index is 0.371. The van der Waals surface area contributed by atoms with Crippen molar-refractivity contribution >= 4 is 56.4 Å². The molecule has 0 aliphatic rings. The van der Waals surface area contributed by atoms with E-state index in [1.807, 2.05) is 67.6 Å². The number of thioether (sulfide) groups is 1. The third kappa shape index (κ3) is 5.91. The van der Waals surface area contributed by atoms with Crippen LogP contribution in [0.15, 0.2) is 75.2 Å². The number of nitriles is 1. The van der Waals surface area contributed by atoms with Crippen molar-refractivity contribution in [3.05, 3.63) is 86.2 Å². The van der Waals surface area contributed by atoms with E-state index in [0.717, 1.165) is 26.6 Å². The van der Waals surface area contributed by atoms with Crippen LogP contribution in [0.5, 0.6) is 11.5 Å². The van der Waals surface area contributed by atoms with Crippen molar-refractivity contribution in [2.45, 2.75) is 18.7 Å². The Morgan fingerprint density at radius 1 is 1.18 bits per heavy atom. The van der Waals surface area contributed by atoms with Gasteiger partial charge in [-0.2, -0.15) is 5.26 Å². The van der Waals surface area contributed by atoms with E-state index >= 15 is 0 Å². The number of fused-ring (bicyclic) bond motifs is 1. The van der Waals surface area contributed by atoms with Crippen LogP contribution in [0.2, 0.25) is 5.02 Å². The van der Waals surface area contributed by atoms with Crippen molar-refractivity contribution in [3.8, 4) is 17.6 Å². The number of nitrogens with zero attached hydrogens (tertiary/aromatic N) is 2. The Labute approximate surface area is 209 Å². The van der Waals surface area contributed by atoms with Gasteiger partial charge in [-0.3, -0.25) is 0 Å².